The van der Waals surface area contributed by atoms with Crippen molar-refractivity contribution in [3.63, 3.8) is 0 Å². The molecule has 0 amide bonds. The fraction of sp³-hybridized carbons (Fsp3) is 0.314. The molecule has 8 nitrogen and oxygen atoms in total. The van der Waals surface area contributed by atoms with Crippen LogP contribution >= 0.6 is 15.6 Å². The van der Waals surface area contributed by atoms with Gasteiger partial charge in [0, 0.05) is 24.0 Å². The third-order valence-electron chi connectivity index (χ3n) is 7.21. The summed E-state index contributed by atoms with van der Waals surface area (Å²) >= 11 is 0. The highest BCUT2D eigenvalue weighted by atomic mass is 32.5. The van der Waals surface area contributed by atoms with Crippen molar-refractivity contribution in [1.29, 1.82) is 0 Å². The molecule has 1 unspecified atom stereocenters. The van der Waals surface area contributed by atoms with E-state index in [2.05, 4.69) is 8.02 Å². The number of ether oxygens (including phenoxy) is 1. The van der Waals surface area contributed by atoms with Crippen LogP contribution in [0, 0.1) is 5.92 Å². The molecule has 0 saturated heterocycles. The lowest BCUT2D eigenvalue weighted by Crippen LogP contribution is -2.46. The number of hydrogen-bond donors (Lipinski definition) is 2. The molecule has 11 heteroatoms. The van der Waals surface area contributed by atoms with Gasteiger partial charge in [-0.25, -0.2) is 8.51 Å². The van der Waals surface area contributed by atoms with E-state index in [-0.39, 0.29) is 32.0 Å². The van der Waals surface area contributed by atoms with Crippen LogP contribution in [0.2, 0.25) is 0 Å². The maximum absolute atomic E-state index is 14.2. The molecule has 246 valence electrons. The van der Waals surface area contributed by atoms with Crippen LogP contribution in [0.3, 0.4) is 0 Å². The van der Waals surface area contributed by atoms with Gasteiger partial charge in [-0.2, -0.15) is 0 Å². The van der Waals surface area contributed by atoms with E-state index in [4.69, 9.17) is 19.5 Å². The van der Waals surface area contributed by atoms with E-state index in [1.807, 2.05) is 105 Å². The first-order chi connectivity index (χ1) is 22.0. The molecule has 0 saturated carbocycles. The molecule has 0 aliphatic rings. The summed E-state index contributed by atoms with van der Waals surface area (Å²) in [6.07, 6.45) is -0.708. The second-order valence-corrected chi connectivity index (χ2v) is 17.3. The lowest BCUT2D eigenvalue weighted by Gasteiger charge is -2.31. The SMILES string of the molecule is CC(C)CN(C[C@@H](O)[C@@H](N)Cc1ccccc1)S(=O)(=P)c1ccc(OCP(=O)(OCc2ccccc2)OCc2ccccc2)cc1. The molecule has 0 radical (unpaired) electrons. The van der Waals surface area contributed by atoms with Gasteiger partial charge in [0.15, 0.2) is 6.35 Å². The first-order valence-corrected chi connectivity index (χ1v) is 19.7. The van der Waals surface area contributed by atoms with Gasteiger partial charge in [0.1, 0.15) is 5.75 Å². The second kappa shape index (κ2) is 17.4. The largest absolute Gasteiger partial charge is 0.481 e. The number of nitrogens with two attached hydrogens (primary N) is 1. The lowest BCUT2D eigenvalue weighted by atomic mass is 10.0. The monoisotopic (exact) mass is 682 g/mol. The Morgan fingerprint density at radius 1 is 0.783 bits per heavy atom. The van der Waals surface area contributed by atoms with Gasteiger partial charge in [0.2, 0.25) is 0 Å². The van der Waals surface area contributed by atoms with Crippen LogP contribution in [0.5, 0.6) is 5.75 Å². The van der Waals surface area contributed by atoms with Crippen LogP contribution in [0.25, 0.3) is 0 Å². The van der Waals surface area contributed by atoms with Crippen LogP contribution in [0.4, 0.5) is 0 Å². The summed E-state index contributed by atoms with van der Waals surface area (Å²) < 4.78 is 47.2. The summed E-state index contributed by atoms with van der Waals surface area (Å²) in [5.41, 5.74) is 9.11. The van der Waals surface area contributed by atoms with Gasteiger partial charge >= 0.3 is 7.60 Å². The summed E-state index contributed by atoms with van der Waals surface area (Å²) in [6, 6.07) is 34.8. The van der Waals surface area contributed by atoms with Crippen molar-refractivity contribution in [3.05, 3.63) is 132 Å². The molecule has 4 rings (SSSR count). The van der Waals surface area contributed by atoms with E-state index in [1.165, 1.54) is 0 Å². The summed E-state index contributed by atoms with van der Waals surface area (Å²) in [6.45, 7) is 4.85. The summed E-state index contributed by atoms with van der Waals surface area (Å²) in [7, 11) is -3.05. The van der Waals surface area contributed by atoms with Crippen LogP contribution in [-0.2, 0) is 42.5 Å². The molecule has 0 fully saturated rings. The Morgan fingerprint density at radius 3 is 1.74 bits per heavy atom. The summed E-state index contributed by atoms with van der Waals surface area (Å²) in [4.78, 5) is 0.504. The molecule has 0 heterocycles. The number of rotatable bonds is 18. The predicted molar refractivity (Wildman–Crippen MR) is 187 cm³/mol. The van der Waals surface area contributed by atoms with E-state index in [1.54, 1.807) is 28.6 Å². The van der Waals surface area contributed by atoms with Crippen molar-refractivity contribution in [3.8, 4) is 5.75 Å². The molecule has 0 aliphatic heterocycles. The number of benzene rings is 4. The smallest absolute Gasteiger partial charge is 0.368 e. The zero-order valence-electron chi connectivity index (χ0n) is 26.3. The average Bonchev–Trinajstić information content (AvgIpc) is 3.06. The van der Waals surface area contributed by atoms with Crippen molar-refractivity contribution in [2.75, 3.05) is 19.4 Å². The summed E-state index contributed by atoms with van der Waals surface area (Å²) in [5, 5.41) is 11.0. The predicted octanol–water partition coefficient (Wildman–Crippen LogP) is 7.15. The van der Waals surface area contributed by atoms with Gasteiger partial charge in [0.25, 0.3) is 0 Å². The number of aliphatic hydroxyl groups is 1. The minimum absolute atomic E-state index is 0.104. The van der Waals surface area contributed by atoms with E-state index in [0.717, 1.165) is 16.7 Å². The van der Waals surface area contributed by atoms with E-state index in [0.29, 0.717) is 23.6 Å². The fourth-order valence-electron chi connectivity index (χ4n) is 4.69. The van der Waals surface area contributed by atoms with Gasteiger partial charge in [-0.3, -0.25) is 4.57 Å². The highest BCUT2D eigenvalue weighted by Crippen LogP contribution is 2.49. The molecule has 0 aromatic heterocycles. The van der Waals surface area contributed by atoms with Gasteiger partial charge in [0.05, 0.1) is 28.6 Å². The Balaban J connectivity index is 1.43. The van der Waals surface area contributed by atoms with Crippen molar-refractivity contribution in [2.24, 2.45) is 11.7 Å². The second-order valence-electron chi connectivity index (χ2n) is 11.6. The number of hydrogen-bond acceptors (Lipinski definition) is 7. The number of nitrogens with zero attached hydrogens (tertiary/aromatic N) is 1. The third-order valence-corrected chi connectivity index (χ3v) is 12.1. The highest BCUT2D eigenvalue weighted by molar-refractivity contribution is 8.19. The van der Waals surface area contributed by atoms with E-state index in [9.17, 15) is 13.9 Å². The van der Waals surface area contributed by atoms with Gasteiger partial charge < -0.3 is 24.6 Å². The maximum atomic E-state index is 14.2. The first-order valence-electron chi connectivity index (χ1n) is 15.2. The standard InChI is InChI=1S/C35H44N2O6P2S/c1-28(2)23-37(24-35(38)34(36)22-29-12-6-3-7-13-29)46(40,44)33-20-18-32(19-21-33)41-27-45(39,42-25-30-14-8-4-9-15-30)43-26-31-16-10-5-11-17-31/h3-21,28,34-35,38,44H,22-27,36H2,1-2H3/t34-,35+,46?/m0/s1. The quantitative estimate of drug-likeness (QED) is 0.107. The van der Waals surface area contributed by atoms with Crippen molar-refractivity contribution in [2.45, 2.75) is 50.5 Å². The zero-order valence-corrected chi connectivity index (χ0v) is 29.0. The Kier molecular flexibility index (Phi) is 13.6. The molecule has 46 heavy (non-hydrogen) atoms. The molecule has 0 aliphatic carbocycles. The minimum atomic E-state index is -3.68. The van der Waals surface area contributed by atoms with Crippen molar-refractivity contribution < 1.29 is 27.7 Å². The summed E-state index contributed by atoms with van der Waals surface area (Å²) in [5.74, 6) is 0.594. The maximum Gasteiger partial charge on any atom is 0.368 e. The molecular formula is C35H44N2O6P2S. The average molecular weight is 683 g/mol. The molecule has 4 aromatic carbocycles. The highest BCUT2D eigenvalue weighted by Gasteiger charge is 2.28. The molecular weight excluding hydrogens is 638 g/mol. The minimum Gasteiger partial charge on any atom is -0.481 e. The lowest BCUT2D eigenvalue weighted by molar-refractivity contribution is 0.118. The van der Waals surface area contributed by atoms with Crippen molar-refractivity contribution in [1.82, 2.24) is 4.31 Å². The first kappa shape index (κ1) is 36.0. The third kappa shape index (κ3) is 11.2. The van der Waals surface area contributed by atoms with Crippen LogP contribution in [-0.4, -0.2) is 45.2 Å². The van der Waals surface area contributed by atoms with E-state index < -0.39 is 29.0 Å². The van der Waals surface area contributed by atoms with Crippen molar-refractivity contribution >= 4 is 24.9 Å². The molecule has 0 spiro atoms. The molecule has 3 N–H and O–H groups in total. The fourth-order valence-corrected chi connectivity index (χ4v) is 8.44. The topological polar surface area (TPSA) is 111 Å². The van der Waals surface area contributed by atoms with Crippen LogP contribution < -0.4 is 10.5 Å². The van der Waals surface area contributed by atoms with Crippen LogP contribution in [0.1, 0.15) is 30.5 Å². The van der Waals surface area contributed by atoms with Gasteiger partial charge in [-0.1, -0.05) is 105 Å². The molecule has 3 atom stereocenters. The molecule has 0 bridgehead atoms. The van der Waals surface area contributed by atoms with Gasteiger partial charge in [-0.05, 0) is 61.3 Å². The van der Waals surface area contributed by atoms with E-state index >= 15 is 0 Å². The van der Waals surface area contributed by atoms with Gasteiger partial charge in [-0.15, -0.1) is 0 Å². The Bertz CT molecular complexity index is 1580. The normalized spacial score (nSPS) is 14.6. The Hall–Kier alpha value is -2.84. The Labute approximate surface area is 275 Å². The molecule has 4 aromatic rings. The zero-order chi connectivity index (χ0) is 33.0. The van der Waals surface area contributed by atoms with Crippen LogP contribution in [0.15, 0.2) is 120 Å². The number of aliphatic hydroxyl groups excluding tert-OH is 1. The Morgan fingerprint density at radius 2 is 1.26 bits per heavy atom.